The Morgan fingerprint density at radius 3 is 2.61 bits per heavy atom. The van der Waals surface area contributed by atoms with Gasteiger partial charge in [-0.25, -0.2) is 5.84 Å². The molecule has 0 bridgehead atoms. The van der Waals surface area contributed by atoms with Crippen molar-refractivity contribution in [2.75, 3.05) is 13.6 Å². The molecule has 0 aromatic carbocycles. The summed E-state index contributed by atoms with van der Waals surface area (Å²) in [6.45, 7) is 10.0. The number of carbonyl (C=O) groups is 1. The van der Waals surface area contributed by atoms with Gasteiger partial charge in [-0.05, 0) is 25.5 Å². The minimum atomic E-state index is -0.391. The Morgan fingerprint density at radius 2 is 2.11 bits per heavy atom. The number of nitrogens with one attached hydrogen (secondary N) is 1. The summed E-state index contributed by atoms with van der Waals surface area (Å²) in [5, 5.41) is 0. The summed E-state index contributed by atoms with van der Waals surface area (Å²) in [6.07, 6.45) is 0. The zero-order chi connectivity index (χ0) is 13.9. The van der Waals surface area contributed by atoms with Crippen LogP contribution in [0.5, 0.6) is 0 Å². The molecule has 1 amide bonds. The average molecular weight is 253 g/mol. The number of carbonyl (C=O) groups excluding carboxylic acids is 1. The quantitative estimate of drug-likeness (QED) is 0.486. The molecule has 1 rings (SSSR count). The fourth-order valence-corrected chi connectivity index (χ4v) is 2.05. The highest BCUT2D eigenvalue weighted by Gasteiger charge is 2.18. The standard InChI is InChI=1S/C13H23N3O2/c1-9-6-10(18-11(9)12(17)15-14)7-16(5)8-13(2,3)4/h6H,7-8,14H2,1-5H3,(H,15,17). The summed E-state index contributed by atoms with van der Waals surface area (Å²) in [7, 11) is 2.03. The number of nitrogens with two attached hydrogens (primary N) is 1. The highest BCUT2D eigenvalue weighted by atomic mass is 16.4. The Hall–Kier alpha value is -1.33. The molecule has 5 heteroatoms. The molecule has 18 heavy (non-hydrogen) atoms. The molecule has 0 atom stereocenters. The largest absolute Gasteiger partial charge is 0.454 e. The van der Waals surface area contributed by atoms with Gasteiger partial charge in [-0.15, -0.1) is 0 Å². The van der Waals surface area contributed by atoms with Gasteiger partial charge in [0.1, 0.15) is 5.76 Å². The van der Waals surface area contributed by atoms with Crippen LogP contribution >= 0.6 is 0 Å². The molecule has 0 aliphatic carbocycles. The first-order valence-corrected chi connectivity index (χ1v) is 6.02. The molecular weight excluding hydrogens is 230 g/mol. The summed E-state index contributed by atoms with van der Waals surface area (Å²) in [6, 6.07) is 1.88. The maximum Gasteiger partial charge on any atom is 0.301 e. The lowest BCUT2D eigenvalue weighted by molar-refractivity contribution is 0.0920. The molecule has 1 aromatic heterocycles. The SMILES string of the molecule is Cc1cc(CN(C)CC(C)(C)C)oc1C(=O)NN. The number of aryl methyl sites for hydroxylation is 1. The van der Waals surface area contributed by atoms with E-state index in [1.54, 1.807) is 0 Å². The van der Waals surface area contributed by atoms with Crippen molar-refractivity contribution in [3.05, 3.63) is 23.2 Å². The van der Waals surface area contributed by atoms with Gasteiger partial charge in [-0.1, -0.05) is 20.8 Å². The van der Waals surface area contributed by atoms with E-state index in [9.17, 15) is 4.79 Å². The second kappa shape index (κ2) is 5.54. The summed E-state index contributed by atoms with van der Waals surface area (Å²) >= 11 is 0. The summed E-state index contributed by atoms with van der Waals surface area (Å²) in [4.78, 5) is 13.6. The molecule has 0 fully saturated rings. The van der Waals surface area contributed by atoms with Gasteiger partial charge in [0.25, 0.3) is 0 Å². The maximum absolute atomic E-state index is 11.4. The van der Waals surface area contributed by atoms with Crippen LogP contribution in [0.1, 0.15) is 42.6 Å². The zero-order valence-corrected chi connectivity index (χ0v) is 11.8. The Bertz CT molecular complexity index is 418. The van der Waals surface area contributed by atoms with Gasteiger partial charge in [-0.2, -0.15) is 0 Å². The molecule has 0 aliphatic rings. The number of amides is 1. The van der Waals surface area contributed by atoms with Crippen molar-refractivity contribution in [2.24, 2.45) is 11.3 Å². The summed E-state index contributed by atoms with van der Waals surface area (Å²) < 4.78 is 5.52. The molecule has 0 saturated carbocycles. The van der Waals surface area contributed by atoms with Crippen molar-refractivity contribution in [3.8, 4) is 0 Å². The topological polar surface area (TPSA) is 71.5 Å². The molecule has 0 unspecified atom stereocenters. The number of furan rings is 1. The Balaban J connectivity index is 2.72. The van der Waals surface area contributed by atoms with E-state index in [0.717, 1.165) is 17.9 Å². The minimum Gasteiger partial charge on any atom is -0.454 e. The van der Waals surface area contributed by atoms with Gasteiger partial charge < -0.3 is 4.42 Å². The normalized spacial score (nSPS) is 11.9. The monoisotopic (exact) mass is 253 g/mol. The van der Waals surface area contributed by atoms with Crippen LogP contribution in [0.4, 0.5) is 0 Å². The fraction of sp³-hybridized carbons (Fsp3) is 0.615. The van der Waals surface area contributed by atoms with Gasteiger partial charge in [0.05, 0.1) is 6.54 Å². The van der Waals surface area contributed by atoms with Crippen molar-refractivity contribution >= 4 is 5.91 Å². The van der Waals surface area contributed by atoms with Crippen molar-refractivity contribution < 1.29 is 9.21 Å². The first-order chi connectivity index (χ1) is 8.23. The fourth-order valence-electron chi connectivity index (χ4n) is 2.05. The predicted molar refractivity (Wildman–Crippen MR) is 70.9 cm³/mol. The third-order valence-electron chi connectivity index (χ3n) is 2.48. The Kier molecular flexibility index (Phi) is 4.53. The van der Waals surface area contributed by atoms with E-state index in [1.807, 2.05) is 20.0 Å². The van der Waals surface area contributed by atoms with Crippen LogP contribution in [-0.4, -0.2) is 24.4 Å². The van der Waals surface area contributed by atoms with Crippen LogP contribution < -0.4 is 11.3 Å². The van der Waals surface area contributed by atoms with Crippen molar-refractivity contribution in [2.45, 2.75) is 34.2 Å². The third kappa shape index (κ3) is 4.16. The number of rotatable bonds is 4. The summed E-state index contributed by atoms with van der Waals surface area (Å²) in [5.41, 5.74) is 3.11. The van der Waals surface area contributed by atoms with Gasteiger partial charge in [0.2, 0.25) is 0 Å². The first-order valence-electron chi connectivity index (χ1n) is 6.02. The van der Waals surface area contributed by atoms with Crippen molar-refractivity contribution in [1.29, 1.82) is 0 Å². The third-order valence-corrected chi connectivity index (χ3v) is 2.48. The van der Waals surface area contributed by atoms with Gasteiger partial charge in [0, 0.05) is 12.1 Å². The lowest BCUT2D eigenvalue weighted by Crippen LogP contribution is -2.30. The number of hydrazine groups is 1. The predicted octanol–water partition coefficient (Wildman–Crippen LogP) is 1.67. The van der Waals surface area contributed by atoms with E-state index in [-0.39, 0.29) is 11.2 Å². The van der Waals surface area contributed by atoms with E-state index in [4.69, 9.17) is 10.3 Å². The maximum atomic E-state index is 11.4. The lowest BCUT2D eigenvalue weighted by Gasteiger charge is -2.25. The van der Waals surface area contributed by atoms with E-state index < -0.39 is 5.91 Å². The zero-order valence-electron chi connectivity index (χ0n) is 11.8. The van der Waals surface area contributed by atoms with Crippen LogP contribution in [0.25, 0.3) is 0 Å². The van der Waals surface area contributed by atoms with E-state index in [2.05, 4.69) is 31.1 Å². The molecule has 0 radical (unpaired) electrons. The second-order valence-electron chi connectivity index (χ2n) is 5.93. The van der Waals surface area contributed by atoms with Crippen LogP contribution in [0.15, 0.2) is 10.5 Å². The minimum absolute atomic E-state index is 0.230. The average Bonchev–Trinajstić information content (AvgIpc) is 2.55. The summed E-state index contributed by atoms with van der Waals surface area (Å²) in [5.74, 6) is 5.77. The lowest BCUT2D eigenvalue weighted by atomic mass is 9.96. The molecule has 3 N–H and O–H groups in total. The van der Waals surface area contributed by atoms with Crippen LogP contribution in [0.3, 0.4) is 0 Å². The van der Waals surface area contributed by atoms with Gasteiger partial charge in [-0.3, -0.25) is 15.1 Å². The van der Waals surface area contributed by atoms with Crippen molar-refractivity contribution in [1.82, 2.24) is 10.3 Å². The van der Waals surface area contributed by atoms with Gasteiger partial charge >= 0.3 is 5.91 Å². The number of hydrogen-bond donors (Lipinski definition) is 2. The molecular formula is C13H23N3O2. The molecule has 0 aliphatic heterocycles. The highest BCUT2D eigenvalue weighted by Crippen LogP contribution is 2.19. The Morgan fingerprint density at radius 1 is 1.50 bits per heavy atom. The van der Waals surface area contributed by atoms with E-state index in [0.29, 0.717) is 6.54 Å². The molecule has 0 saturated heterocycles. The first kappa shape index (κ1) is 14.7. The second-order valence-corrected chi connectivity index (χ2v) is 5.93. The number of nitrogen functional groups attached to an aromatic ring is 1. The molecule has 102 valence electrons. The molecule has 5 nitrogen and oxygen atoms in total. The van der Waals surface area contributed by atoms with E-state index in [1.165, 1.54) is 0 Å². The molecule has 1 aromatic rings. The number of hydrogen-bond acceptors (Lipinski definition) is 4. The van der Waals surface area contributed by atoms with Crippen molar-refractivity contribution in [3.63, 3.8) is 0 Å². The smallest absolute Gasteiger partial charge is 0.301 e. The van der Waals surface area contributed by atoms with Crippen LogP contribution in [0.2, 0.25) is 0 Å². The molecule has 1 heterocycles. The Labute approximate surface area is 108 Å². The highest BCUT2D eigenvalue weighted by molar-refractivity contribution is 5.92. The molecule has 0 spiro atoms. The van der Waals surface area contributed by atoms with Gasteiger partial charge in [0.15, 0.2) is 5.76 Å². The van der Waals surface area contributed by atoms with E-state index >= 15 is 0 Å². The van der Waals surface area contributed by atoms with Crippen LogP contribution in [0, 0.1) is 12.3 Å². The van der Waals surface area contributed by atoms with Crippen LogP contribution in [-0.2, 0) is 6.54 Å². The number of nitrogens with zero attached hydrogens (tertiary/aromatic N) is 1.